The zero-order valence-corrected chi connectivity index (χ0v) is 14.0. The van der Waals surface area contributed by atoms with Crippen LogP contribution >= 0.6 is 15.9 Å². The van der Waals surface area contributed by atoms with Crippen molar-refractivity contribution in [2.75, 3.05) is 19.6 Å². The van der Waals surface area contributed by atoms with Gasteiger partial charge < -0.3 is 10.4 Å². The van der Waals surface area contributed by atoms with Gasteiger partial charge in [0.2, 0.25) is 0 Å². The maximum atomic E-state index is 9.95. The van der Waals surface area contributed by atoms with Crippen LogP contribution in [0.15, 0.2) is 22.7 Å². The second kappa shape index (κ2) is 7.43. The third-order valence-corrected chi connectivity index (χ3v) is 4.35. The molecule has 4 heteroatoms. The molecule has 1 aromatic carbocycles. The highest BCUT2D eigenvalue weighted by Gasteiger charge is 2.20. The third kappa shape index (κ3) is 4.76. The SMILES string of the molecule is CC(C)NCC1CCCN(Cc2cc(Br)ccc2O)C1. The summed E-state index contributed by atoms with van der Waals surface area (Å²) in [5.74, 6) is 1.12. The van der Waals surface area contributed by atoms with Gasteiger partial charge in [-0.25, -0.2) is 0 Å². The number of rotatable bonds is 5. The van der Waals surface area contributed by atoms with E-state index in [0.717, 1.165) is 42.1 Å². The van der Waals surface area contributed by atoms with Gasteiger partial charge in [-0.05, 0) is 50.0 Å². The first-order valence-corrected chi connectivity index (χ1v) is 8.27. The Morgan fingerprint density at radius 2 is 2.25 bits per heavy atom. The number of phenolic OH excluding ortho intramolecular Hbond substituents is 1. The average Bonchev–Trinajstić information content (AvgIpc) is 2.41. The fourth-order valence-electron chi connectivity index (χ4n) is 2.79. The Balaban J connectivity index is 1.90. The van der Waals surface area contributed by atoms with Gasteiger partial charge in [-0.2, -0.15) is 0 Å². The number of nitrogens with one attached hydrogen (secondary N) is 1. The fraction of sp³-hybridized carbons (Fsp3) is 0.625. The Morgan fingerprint density at radius 1 is 1.45 bits per heavy atom. The molecule has 0 spiro atoms. The molecule has 1 heterocycles. The molecule has 0 aromatic heterocycles. The van der Waals surface area contributed by atoms with Crippen LogP contribution in [0.25, 0.3) is 0 Å². The smallest absolute Gasteiger partial charge is 0.120 e. The highest BCUT2D eigenvalue weighted by atomic mass is 79.9. The molecule has 0 saturated carbocycles. The lowest BCUT2D eigenvalue weighted by Crippen LogP contribution is -2.40. The highest BCUT2D eigenvalue weighted by molar-refractivity contribution is 9.10. The van der Waals surface area contributed by atoms with E-state index in [1.54, 1.807) is 6.07 Å². The number of piperidine rings is 1. The molecular weight excluding hydrogens is 316 g/mol. The molecule has 112 valence electrons. The van der Waals surface area contributed by atoms with E-state index < -0.39 is 0 Å². The van der Waals surface area contributed by atoms with Gasteiger partial charge in [0.15, 0.2) is 0 Å². The zero-order chi connectivity index (χ0) is 14.5. The van der Waals surface area contributed by atoms with Gasteiger partial charge in [-0.15, -0.1) is 0 Å². The molecule has 0 bridgehead atoms. The summed E-state index contributed by atoms with van der Waals surface area (Å²) in [6.45, 7) is 8.57. The van der Waals surface area contributed by atoms with Crippen molar-refractivity contribution in [3.63, 3.8) is 0 Å². The predicted molar refractivity (Wildman–Crippen MR) is 86.9 cm³/mol. The summed E-state index contributed by atoms with van der Waals surface area (Å²) in [5, 5.41) is 13.5. The van der Waals surface area contributed by atoms with Crippen LogP contribution in [-0.4, -0.2) is 35.7 Å². The molecule has 1 aromatic rings. The van der Waals surface area contributed by atoms with Crippen LogP contribution in [0.2, 0.25) is 0 Å². The Bertz CT molecular complexity index is 436. The molecular formula is C16H25BrN2O. The number of benzene rings is 1. The molecule has 0 radical (unpaired) electrons. The average molecular weight is 341 g/mol. The van der Waals surface area contributed by atoms with Crippen molar-refractivity contribution in [2.24, 2.45) is 5.92 Å². The Kier molecular flexibility index (Phi) is 5.87. The molecule has 1 unspecified atom stereocenters. The van der Waals surface area contributed by atoms with Crippen molar-refractivity contribution in [3.8, 4) is 5.75 Å². The Morgan fingerprint density at radius 3 is 3.00 bits per heavy atom. The second-order valence-corrected chi connectivity index (χ2v) is 7.00. The van der Waals surface area contributed by atoms with Crippen LogP contribution < -0.4 is 5.32 Å². The maximum Gasteiger partial charge on any atom is 0.120 e. The van der Waals surface area contributed by atoms with Crippen molar-refractivity contribution in [3.05, 3.63) is 28.2 Å². The van der Waals surface area contributed by atoms with E-state index in [1.807, 2.05) is 12.1 Å². The minimum absolute atomic E-state index is 0.399. The van der Waals surface area contributed by atoms with Gasteiger partial charge in [-0.3, -0.25) is 4.90 Å². The second-order valence-electron chi connectivity index (χ2n) is 6.08. The Labute approximate surface area is 130 Å². The molecule has 2 rings (SSSR count). The summed E-state index contributed by atoms with van der Waals surface area (Å²) in [4.78, 5) is 2.46. The summed E-state index contributed by atoms with van der Waals surface area (Å²) in [5.41, 5.74) is 1.01. The van der Waals surface area contributed by atoms with Crippen molar-refractivity contribution in [1.29, 1.82) is 0 Å². The monoisotopic (exact) mass is 340 g/mol. The summed E-state index contributed by atoms with van der Waals surface area (Å²) >= 11 is 3.47. The van der Waals surface area contributed by atoms with Crippen LogP contribution in [0.1, 0.15) is 32.3 Å². The van der Waals surface area contributed by atoms with Crippen LogP contribution in [0.5, 0.6) is 5.75 Å². The number of hydrogen-bond acceptors (Lipinski definition) is 3. The van der Waals surface area contributed by atoms with Crippen LogP contribution in [0.3, 0.4) is 0 Å². The fourth-order valence-corrected chi connectivity index (χ4v) is 3.19. The number of hydrogen-bond donors (Lipinski definition) is 2. The first-order chi connectivity index (χ1) is 9.54. The lowest BCUT2D eigenvalue weighted by Gasteiger charge is -2.33. The number of phenols is 1. The van der Waals surface area contributed by atoms with Gasteiger partial charge in [0.05, 0.1) is 0 Å². The number of halogens is 1. The van der Waals surface area contributed by atoms with Crippen molar-refractivity contribution in [1.82, 2.24) is 10.2 Å². The molecule has 1 fully saturated rings. The predicted octanol–water partition coefficient (Wildman–Crippen LogP) is 3.36. The highest BCUT2D eigenvalue weighted by Crippen LogP contribution is 2.25. The standard InChI is InChI=1S/C16H25BrN2O/c1-12(2)18-9-13-4-3-7-19(10-13)11-14-8-15(17)5-6-16(14)20/h5-6,8,12-13,18,20H,3-4,7,9-11H2,1-2H3. The van der Waals surface area contributed by atoms with Crippen LogP contribution in [0, 0.1) is 5.92 Å². The van der Waals surface area contributed by atoms with Gasteiger partial charge in [0, 0.05) is 29.2 Å². The molecule has 1 atom stereocenters. The van der Waals surface area contributed by atoms with Crippen molar-refractivity contribution in [2.45, 2.75) is 39.3 Å². The molecule has 1 aliphatic rings. The molecule has 20 heavy (non-hydrogen) atoms. The number of likely N-dealkylation sites (tertiary alicyclic amines) is 1. The van der Waals surface area contributed by atoms with Gasteiger partial charge >= 0.3 is 0 Å². The van der Waals surface area contributed by atoms with Crippen LogP contribution in [-0.2, 0) is 6.54 Å². The van der Waals surface area contributed by atoms with Crippen molar-refractivity contribution < 1.29 is 5.11 Å². The number of aromatic hydroxyl groups is 1. The topological polar surface area (TPSA) is 35.5 Å². The van der Waals surface area contributed by atoms with Gasteiger partial charge in [0.25, 0.3) is 0 Å². The quantitative estimate of drug-likeness (QED) is 0.862. The first kappa shape index (κ1) is 15.8. The summed E-state index contributed by atoms with van der Waals surface area (Å²) in [6, 6.07) is 6.22. The normalized spacial score (nSPS) is 20.5. The molecule has 3 nitrogen and oxygen atoms in total. The van der Waals surface area contributed by atoms with Gasteiger partial charge in [-0.1, -0.05) is 29.8 Å². The lowest BCUT2D eigenvalue weighted by atomic mass is 9.97. The minimum atomic E-state index is 0.399. The van der Waals surface area contributed by atoms with E-state index in [4.69, 9.17) is 0 Å². The molecule has 1 saturated heterocycles. The molecule has 0 amide bonds. The molecule has 0 aliphatic carbocycles. The molecule has 1 aliphatic heterocycles. The first-order valence-electron chi connectivity index (χ1n) is 7.47. The van der Waals surface area contributed by atoms with E-state index in [0.29, 0.717) is 11.8 Å². The lowest BCUT2D eigenvalue weighted by molar-refractivity contribution is 0.162. The van der Waals surface area contributed by atoms with Gasteiger partial charge in [0.1, 0.15) is 5.75 Å². The number of nitrogens with zero attached hydrogens (tertiary/aromatic N) is 1. The minimum Gasteiger partial charge on any atom is -0.508 e. The van der Waals surface area contributed by atoms with E-state index in [1.165, 1.54) is 12.8 Å². The summed E-state index contributed by atoms with van der Waals surface area (Å²) < 4.78 is 1.03. The van der Waals surface area contributed by atoms with E-state index in [9.17, 15) is 5.11 Å². The largest absolute Gasteiger partial charge is 0.508 e. The summed E-state index contributed by atoms with van der Waals surface area (Å²) in [7, 11) is 0. The van der Waals surface area contributed by atoms with E-state index in [-0.39, 0.29) is 0 Å². The summed E-state index contributed by atoms with van der Waals surface area (Å²) in [6.07, 6.45) is 2.56. The Hall–Kier alpha value is -0.580. The van der Waals surface area contributed by atoms with Crippen molar-refractivity contribution >= 4 is 15.9 Å². The van der Waals surface area contributed by atoms with E-state index >= 15 is 0 Å². The maximum absolute atomic E-state index is 9.95. The van der Waals surface area contributed by atoms with E-state index in [2.05, 4.69) is 40.0 Å². The third-order valence-electron chi connectivity index (χ3n) is 3.85. The zero-order valence-electron chi connectivity index (χ0n) is 12.4. The van der Waals surface area contributed by atoms with Crippen LogP contribution in [0.4, 0.5) is 0 Å². The molecule has 2 N–H and O–H groups in total.